The predicted octanol–water partition coefficient (Wildman–Crippen LogP) is 3.84. The van der Waals surface area contributed by atoms with Crippen LogP contribution in [0.3, 0.4) is 0 Å². The normalized spacial score (nSPS) is 12.8. The molecule has 1 rings (SSSR count). The molecule has 100 valence electrons. The number of halogens is 1. The van der Waals surface area contributed by atoms with Crippen molar-refractivity contribution in [1.29, 1.82) is 0 Å². The molecule has 0 heterocycles. The maximum atomic E-state index is 12.1. The molecule has 0 spiro atoms. The van der Waals surface area contributed by atoms with E-state index in [1.165, 1.54) is 0 Å². The summed E-state index contributed by atoms with van der Waals surface area (Å²) in [6, 6.07) is 5.48. The van der Waals surface area contributed by atoms with Gasteiger partial charge in [0.05, 0.1) is 0 Å². The van der Waals surface area contributed by atoms with Crippen LogP contribution in [0.25, 0.3) is 0 Å². The van der Waals surface area contributed by atoms with E-state index in [1.54, 1.807) is 6.07 Å². The summed E-state index contributed by atoms with van der Waals surface area (Å²) >= 11 is 6.04. The second kappa shape index (κ2) is 6.91. The molecule has 0 saturated carbocycles. The van der Waals surface area contributed by atoms with Crippen LogP contribution in [0, 0.1) is 18.8 Å². The molecule has 1 unspecified atom stereocenters. The molecule has 0 radical (unpaired) electrons. The van der Waals surface area contributed by atoms with Gasteiger partial charge in [-0.25, -0.2) is 0 Å². The first-order valence-corrected chi connectivity index (χ1v) is 6.81. The monoisotopic (exact) mass is 267 g/mol. The highest BCUT2D eigenvalue weighted by Gasteiger charge is 2.15. The van der Waals surface area contributed by atoms with Crippen LogP contribution in [0.4, 0.5) is 0 Å². The highest BCUT2D eigenvalue weighted by atomic mass is 35.5. The van der Waals surface area contributed by atoms with Crippen molar-refractivity contribution in [2.24, 2.45) is 17.6 Å². The van der Waals surface area contributed by atoms with E-state index in [0.29, 0.717) is 29.5 Å². The van der Waals surface area contributed by atoms with E-state index in [-0.39, 0.29) is 11.7 Å². The summed E-state index contributed by atoms with van der Waals surface area (Å²) in [5, 5.41) is 0.647. The third kappa shape index (κ3) is 4.43. The third-order valence-electron chi connectivity index (χ3n) is 3.11. The van der Waals surface area contributed by atoms with Crippen LogP contribution in [-0.2, 0) is 0 Å². The van der Waals surface area contributed by atoms with E-state index < -0.39 is 0 Å². The summed E-state index contributed by atoms with van der Waals surface area (Å²) in [5.41, 5.74) is 7.40. The van der Waals surface area contributed by atoms with Gasteiger partial charge in [-0.3, -0.25) is 4.79 Å². The lowest BCUT2D eigenvalue weighted by Crippen LogP contribution is -2.20. The van der Waals surface area contributed by atoms with E-state index in [2.05, 4.69) is 13.8 Å². The van der Waals surface area contributed by atoms with Crippen molar-refractivity contribution >= 4 is 17.4 Å². The number of carbonyl (C=O) groups is 1. The van der Waals surface area contributed by atoms with Crippen LogP contribution in [0.1, 0.15) is 42.6 Å². The minimum absolute atomic E-state index is 0.132. The van der Waals surface area contributed by atoms with E-state index in [9.17, 15) is 4.79 Å². The minimum atomic E-state index is 0.132. The van der Waals surface area contributed by atoms with E-state index in [0.717, 1.165) is 12.0 Å². The number of benzene rings is 1. The van der Waals surface area contributed by atoms with Crippen molar-refractivity contribution in [3.05, 3.63) is 34.3 Å². The molecule has 18 heavy (non-hydrogen) atoms. The zero-order valence-electron chi connectivity index (χ0n) is 11.4. The first kappa shape index (κ1) is 15.2. The molecule has 0 aromatic heterocycles. The van der Waals surface area contributed by atoms with Gasteiger partial charge in [0.1, 0.15) is 0 Å². The largest absolute Gasteiger partial charge is 0.330 e. The van der Waals surface area contributed by atoms with Crippen molar-refractivity contribution in [2.75, 3.05) is 6.54 Å². The number of hydrogen-bond donors (Lipinski definition) is 1. The van der Waals surface area contributed by atoms with Crippen LogP contribution in [-0.4, -0.2) is 12.3 Å². The van der Waals surface area contributed by atoms with Gasteiger partial charge in [-0.15, -0.1) is 0 Å². The number of rotatable bonds is 6. The number of aryl methyl sites for hydroxylation is 1. The molecular formula is C15H22ClNO. The van der Waals surface area contributed by atoms with Gasteiger partial charge in [-0.1, -0.05) is 37.6 Å². The lowest BCUT2D eigenvalue weighted by molar-refractivity contribution is 0.0957. The quantitative estimate of drug-likeness (QED) is 0.796. The van der Waals surface area contributed by atoms with E-state index >= 15 is 0 Å². The average Bonchev–Trinajstić information content (AvgIpc) is 2.31. The van der Waals surface area contributed by atoms with Gasteiger partial charge < -0.3 is 5.73 Å². The van der Waals surface area contributed by atoms with Gasteiger partial charge in [0.2, 0.25) is 0 Å². The fraction of sp³-hybridized carbons (Fsp3) is 0.533. The van der Waals surface area contributed by atoms with E-state index in [1.807, 2.05) is 19.1 Å². The maximum Gasteiger partial charge on any atom is 0.163 e. The fourth-order valence-electron chi connectivity index (χ4n) is 2.08. The average molecular weight is 268 g/mol. The second-order valence-electron chi connectivity index (χ2n) is 5.32. The van der Waals surface area contributed by atoms with Crippen LogP contribution in [0.2, 0.25) is 5.02 Å². The molecule has 1 atom stereocenters. The van der Waals surface area contributed by atoms with E-state index in [4.69, 9.17) is 17.3 Å². The lowest BCUT2D eigenvalue weighted by Gasteiger charge is -2.16. The van der Waals surface area contributed by atoms with Crippen LogP contribution in [0.15, 0.2) is 18.2 Å². The molecule has 2 nitrogen and oxygen atoms in total. The summed E-state index contributed by atoms with van der Waals surface area (Å²) in [6.07, 6.45) is 1.50. The van der Waals surface area contributed by atoms with Gasteiger partial charge in [-0.05, 0) is 43.4 Å². The summed E-state index contributed by atoms with van der Waals surface area (Å²) in [5.74, 6) is 0.957. The molecule has 2 N–H and O–H groups in total. The molecule has 0 amide bonds. The lowest BCUT2D eigenvalue weighted by atomic mass is 9.90. The molecule has 0 bridgehead atoms. The molecular weight excluding hydrogens is 246 g/mol. The Balaban J connectivity index is 2.71. The Morgan fingerprint density at radius 1 is 1.39 bits per heavy atom. The topological polar surface area (TPSA) is 43.1 Å². The zero-order valence-corrected chi connectivity index (χ0v) is 12.1. The number of nitrogens with two attached hydrogens (primary N) is 1. The van der Waals surface area contributed by atoms with Crippen molar-refractivity contribution in [1.82, 2.24) is 0 Å². The summed E-state index contributed by atoms with van der Waals surface area (Å²) in [7, 11) is 0. The Kier molecular flexibility index (Phi) is 5.83. The Bertz CT molecular complexity index is 415. The Morgan fingerprint density at radius 2 is 2.06 bits per heavy atom. The third-order valence-corrected chi connectivity index (χ3v) is 3.51. The fourth-order valence-corrected chi connectivity index (χ4v) is 2.26. The summed E-state index contributed by atoms with van der Waals surface area (Å²) in [6.45, 7) is 6.79. The Morgan fingerprint density at radius 3 is 2.56 bits per heavy atom. The number of ketones is 1. The van der Waals surface area contributed by atoms with Crippen molar-refractivity contribution < 1.29 is 4.79 Å². The second-order valence-corrected chi connectivity index (χ2v) is 5.73. The molecule has 0 aliphatic heterocycles. The molecule has 0 fully saturated rings. The van der Waals surface area contributed by atoms with Gasteiger partial charge in [0, 0.05) is 17.0 Å². The first-order chi connectivity index (χ1) is 8.43. The van der Waals surface area contributed by atoms with Crippen LogP contribution in [0.5, 0.6) is 0 Å². The molecule has 3 heteroatoms. The molecule has 0 aliphatic rings. The smallest absolute Gasteiger partial charge is 0.163 e. The van der Waals surface area contributed by atoms with Crippen LogP contribution < -0.4 is 5.73 Å². The standard InChI is InChI=1S/C15H22ClNO/c1-10(2)6-12(9-17)7-15(18)13-5-4-11(3)14(16)8-13/h4-5,8,10,12H,6-7,9,17H2,1-3H3. The zero-order chi connectivity index (χ0) is 13.7. The maximum absolute atomic E-state index is 12.1. The highest BCUT2D eigenvalue weighted by molar-refractivity contribution is 6.31. The molecule has 1 aromatic carbocycles. The predicted molar refractivity (Wildman–Crippen MR) is 77.1 cm³/mol. The van der Waals surface area contributed by atoms with Gasteiger partial charge in [0.15, 0.2) is 5.78 Å². The highest BCUT2D eigenvalue weighted by Crippen LogP contribution is 2.21. The summed E-state index contributed by atoms with van der Waals surface area (Å²) < 4.78 is 0. The minimum Gasteiger partial charge on any atom is -0.330 e. The van der Waals surface area contributed by atoms with Crippen molar-refractivity contribution in [3.63, 3.8) is 0 Å². The number of Topliss-reactive ketones (excluding diaryl/α,β-unsaturated/α-hetero) is 1. The number of hydrogen-bond acceptors (Lipinski definition) is 2. The van der Waals surface area contributed by atoms with Crippen molar-refractivity contribution in [3.8, 4) is 0 Å². The van der Waals surface area contributed by atoms with Gasteiger partial charge in [0.25, 0.3) is 0 Å². The van der Waals surface area contributed by atoms with Crippen molar-refractivity contribution in [2.45, 2.75) is 33.6 Å². The summed E-state index contributed by atoms with van der Waals surface area (Å²) in [4.78, 5) is 12.1. The van der Waals surface area contributed by atoms with Gasteiger partial charge in [-0.2, -0.15) is 0 Å². The first-order valence-electron chi connectivity index (χ1n) is 6.43. The van der Waals surface area contributed by atoms with Gasteiger partial charge >= 0.3 is 0 Å². The SMILES string of the molecule is Cc1ccc(C(=O)CC(CN)CC(C)C)cc1Cl. The molecule has 1 aromatic rings. The van der Waals surface area contributed by atoms with Crippen LogP contribution >= 0.6 is 11.6 Å². The number of carbonyl (C=O) groups excluding carboxylic acids is 1. The Labute approximate surface area is 115 Å². The Hall–Kier alpha value is -0.860. The molecule has 0 saturated heterocycles. The molecule has 0 aliphatic carbocycles.